The number of methoxy groups -OCH3 is 2. The molecule has 0 amide bonds. The Morgan fingerprint density at radius 1 is 1.28 bits per heavy atom. The molecule has 0 saturated carbocycles. The third kappa shape index (κ3) is 2.76. The molecule has 18 heavy (non-hydrogen) atoms. The van der Waals surface area contributed by atoms with E-state index in [2.05, 4.69) is 31.4 Å². The normalized spacial score (nSPS) is 10.2. The molecule has 0 aliphatic rings. The van der Waals surface area contributed by atoms with E-state index in [9.17, 15) is 0 Å². The van der Waals surface area contributed by atoms with E-state index in [1.165, 1.54) is 0 Å². The second-order valence-electron chi connectivity index (χ2n) is 3.62. The predicted molar refractivity (Wildman–Crippen MR) is 73.2 cm³/mol. The molecule has 0 atom stereocenters. The number of rotatable bonds is 5. The van der Waals surface area contributed by atoms with Crippen molar-refractivity contribution in [1.82, 2.24) is 10.2 Å². The fourth-order valence-corrected chi connectivity index (χ4v) is 2.08. The fourth-order valence-electron chi connectivity index (χ4n) is 1.57. The van der Waals surface area contributed by atoms with Crippen LogP contribution in [0.5, 0.6) is 11.5 Å². The van der Waals surface area contributed by atoms with Crippen LogP contribution in [0, 0.1) is 0 Å². The fraction of sp³-hybridized carbons (Fsp3) is 0.250. The Hall–Kier alpha value is -1.69. The Balaban J connectivity index is 2.18. The second kappa shape index (κ2) is 5.77. The Kier molecular flexibility index (Phi) is 4.09. The van der Waals surface area contributed by atoms with E-state index in [-0.39, 0.29) is 0 Å². The van der Waals surface area contributed by atoms with Crippen molar-refractivity contribution in [2.75, 3.05) is 19.5 Å². The number of H-pyrrole nitrogens is 1. The number of halogens is 1. The SMILES string of the molecule is COc1cc(OC)c(NCc2ccn[nH]2)cc1Br. The molecule has 0 saturated heterocycles. The molecule has 2 N–H and O–H groups in total. The van der Waals surface area contributed by atoms with Crippen molar-refractivity contribution in [3.05, 3.63) is 34.6 Å². The molecule has 0 unspecified atom stereocenters. The third-order valence-electron chi connectivity index (χ3n) is 2.50. The molecule has 96 valence electrons. The maximum atomic E-state index is 5.32. The lowest BCUT2D eigenvalue weighted by molar-refractivity contribution is 0.393. The summed E-state index contributed by atoms with van der Waals surface area (Å²) in [5, 5.41) is 10.1. The Bertz CT molecular complexity index is 514. The van der Waals surface area contributed by atoms with Gasteiger partial charge in [-0.1, -0.05) is 0 Å². The molecular formula is C12H14BrN3O2. The molecule has 6 heteroatoms. The summed E-state index contributed by atoms with van der Waals surface area (Å²) in [5.41, 5.74) is 1.89. The summed E-state index contributed by atoms with van der Waals surface area (Å²) >= 11 is 3.45. The second-order valence-corrected chi connectivity index (χ2v) is 4.48. The van der Waals surface area contributed by atoms with Crippen molar-refractivity contribution in [1.29, 1.82) is 0 Å². The van der Waals surface area contributed by atoms with Crippen LogP contribution in [0.2, 0.25) is 0 Å². The lowest BCUT2D eigenvalue weighted by Crippen LogP contribution is -2.02. The van der Waals surface area contributed by atoms with Crippen molar-refractivity contribution < 1.29 is 9.47 Å². The van der Waals surface area contributed by atoms with Gasteiger partial charge in [0.1, 0.15) is 11.5 Å². The van der Waals surface area contributed by atoms with Gasteiger partial charge in [-0.3, -0.25) is 5.10 Å². The summed E-state index contributed by atoms with van der Waals surface area (Å²) in [6, 6.07) is 5.67. The Morgan fingerprint density at radius 3 is 2.67 bits per heavy atom. The van der Waals surface area contributed by atoms with Gasteiger partial charge in [-0.15, -0.1) is 0 Å². The molecule has 0 aliphatic carbocycles. The van der Waals surface area contributed by atoms with E-state index in [1.807, 2.05) is 18.2 Å². The van der Waals surface area contributed by atoms with Crippen LogP contribution >= 0.6 is 15.9 Å². The van der Waals surface area contributed by atoms with Gasteiger partial charge in [0.25, 0.3) is 0 Å². The van der Waals surface area contributed by atoms with Crippen LogP contribution in [0.25, 0.3) is 0 Å². The Morgan fingerprint density at radius 2 is 2.06 bits per heavy atom. The van der Waals surface area contributed by atoms with Gasteiger partial charge in [0.05, 0.1) is 36.6 Å². The van der Waals surface area contributed by atoms with E-state index in [4.69, 9.17) is 9.47 Å². The first-order valence-corrected chi connectivity index (χ1v) is 6.17. The van der Waals surface area contributed by atoms with E-state index in [0.717, 1.165) is 27.4 Å². The van der Waals surface area contributed by atoms with Crippen molar-refractivity contribution >= 4 is 21.6 Å². The van der Waals surface area contributed by atoms with Crippen LogP contribution in [-0.2, 0) is 6.54 Å². The minimum Gasteiger partial charge on any atom is -0.495 e. The molecule has 0 aliphatic heterocycles. The van der Waals surface area contributed by atoms with Crippen molar-refractivity contribution in [3.8, 4) is 11.5 Å². The van der Waals surface area contributed by atoms with Crippen molar-refractivity contribution in [2.45, 2.75) is 6.54 Å². The zero-order valence-electron chi connectivity index (χ0n) is 10.2. The van der Waals surface area contributed by atoms with E-state index < -0.39 is 0 Å². The maximum absolute atomic E-state index is 5.32. The maximum Gasteiger partial charge on any atom is 0.145 e. The van der Waals surface area contributed by atoms with Gasteiger partial charge in [0, 0.05) is 12.3 Å². The first-order valence-electron chi connectivity index (χ1n) is 5.38. The number of aromatic nitrogens is 2. The summed E-state index contributed by atoms with van der Waals surface area (Å²) < 4.78 is 11.4. The monoisotopic (exact) mass is 311 g/mol. The summed E-state index contributed by atoms with van der Waals surface area (Å²) in [4.78, 5) is 0. The standard InChI is InChI=1S/C12H14BrN3O2/c1-17-11-6-12(18-2)10(5-9(11)13)14-7-8-3-4-15-16-8/h3-6,14H,7H2,1-2H3,(H,15,16). The number of anilines is 1. The van der Waals surface area contributed by atoms with Gasteiger partial charge in [-0.05, 0) is 28.1 Å². The van der Waals surface area contributed by atoms with Crippen LogP contribution in [0.1, 0.15) is 5.69 Å². The number of nitrogens with one attached hydrogen (secondary N) is 2. The highest BCUT2D eigenvalue weighted by Crippen LogP contribution is 2.36. The van der Waals surface area contributed by atoms with Crippen molar-refractivity contribution in [2.24, 2.45) is 0 Å². The largest absolute Gasteiger partial charge is 0.495 e. The third-order valence-corrected chi connectivity index (χ3v) is 3.12. The van der Waals surface area contributed by atoms with Gasteiger partial charge < -0.3 is 14.8 Å². The van der Waals surface area contributed by atoms with Gasteiger partial charge in [0.2, 0.25) is 0 Å². The van der Waals surface area contributed by atoms with E-state index in [0.29, 0.717) is 6.54 Å². The van der Waals surface area contributed by atoms with Gasteiger partial charge >= 0.3 is 0 Å². The molecule has 2 aromatic rings. The summed E-state index contributed by atoms with van der Waals surface area (Å²) in [5.74, 6) is 1.47. The van der Waals surface area contributed by atoms with Gasteiger partial charge in [-0.2, -0.15) is 5.10 Å². The first kappa shape index (κ1) is 12.8. The van der Waals surface area contributed by atoms with Gasteiger partial charge in [-0.25, -0.2) is 0 Å². The van der Waals surface area contributed by atoms with E-state index in [1.54, 1.807) is 20.4 Å². The van der Waals surface area contributed by atoms with Crippen LogP contribution in [0.15, 0.2) is 28.9 Å². The summed E-state index contributed by atoms with van der Waals surface area (Å²) in [6.07, 6.45) is 1.72. The molecule has 1 aromatic heterocycles. The highest BCUT2D eigenvalue weighted by molar-refractivity contribution is 9.10. The number of ether oxygens (including phenoxy) is 2. The summed E-state index contributed by atoms with van der Waals surface area (Å²) in [7, 11) is 3.25. The zero-order valence-corrected chi connectivity index (χ0v) is 11.7. The summed E-state index contributed by atoms with van der Waals surface area (Å²) in [6.45, 7) is 0.648. The average molecular weight is 312 g/mol. The number of hydrogen-bond donors (Lipinski definition) is 2. The number of benzene rings is 1. The lowest BCUT2D eigenvalue weighted by atomic mass is 10.2. The smallest absolute Gasteiger partial charge is 0.145 e. The molecule has 1 aromatic carbocycles. The van der Waals surface area contributed by atoms with Crippen LogP contribution in [0.3, 0.4) is 0 Å². The lowest BCUT2D eigenvalue weighted by Gasteiger charge is -2.13. The molecule has 5 nitrogen and oxygen atoms in total. The quantitative estimate of drug-likeness (QED) is 0.891. The van der Waals surface area contributed by atoms with Crippen LogP contribution < -0.4 is 14.8 Å². The number of aromatic amines is 1. The van der Waals surface area contributed by atoms with Crippen LogP contribution in [0.4, 0.5) is 5.69 Å². The molecular weight excluding hydrogens is 298 g/mol. The Labute approximate surface area is 114 Å². The highest BCUT2D eigenvalue weighted by Gasteiger charge is 2.09. The molecule has 0 spiro atoms. The van der Waals surface area contributed by atoms with E-state index >= 15 is 0 Å². The molecule has 2 rings (SSSR count). The first-order chi connectivity index (χ1) is 8.74. The molecule has 1 heterocycles. The zero-order chi connectivity index (χ0) is 13.0. The molecule has 0 bridgehead atoms. The molecule has 0 fully saturated rings. The topological polar surface area (TPSA) is 59.2 Å². The number of nitrogens with zero attached hydrogens (tertiary/aromatic N) is 1. The van der Waals surface area contributed by atoms with Crippen LogP contribution in [-0.4, -0.2) is 24.4 Å². The highest BCUT2D eigenvalue weighted by atomic mass is 79.9. The van der Waals surface area contributed by atoms with Crippen molar-refractivity contribution in [3.63, 3.8) is 0 Å². The molecule has 0 radical (unpaired) electrons. The minimum atomic E-state index is 0.648. The average Bonchev–Trinajstić information content (AvgIpc) is 2.89. The minimum absolute atomic E-state index is 0.648. The predicted octanol–water partition coefficient (Wildman–Crippen LogP) is 2.80. The van der Waals surface area contributed by atoms with Gasteiger partial charge in [0.15, 0.2) is 0 Å². The number of hydrogen-bond acceptors (Lipinski definition) is 4.